The Bertz CT molecular complexity index is 406. The molecule has 3 unspecified atom stereocenters. The number of ether oxygens (including phenoxy) is 1. The van der Waals surface area contributed by atoms with Crippen LogP contribution in [0.1, 0.15) is 13.3 Å². The highest BCUT2D eigenvalue weighted by Gasteiger charge is 2.53. The number of carbonyl (C=O) groups is 2. The summed E-state index contributed by atoms with van der Waals surface area (Å²) in [5, 5.41) is 50.5. The van der Waals surface area contributed by atoms with E-state index in [9.17, 15) is 30.0 Å². The van der Waals surface area contributed by atoms with Crippen LogP contribution in [0.5, 0.6) is 0 Å². The molecule has 0 aliphatic carbocycles. The first kappa shape index (κ1) is 17.8. The van der Waals surface area contributed by atoms with E-state index in [-0.39, 0.29) is 6.54 Å². The Labute approximate surface area is 120 Å². The summed E-state index contributed by atoms with van der Waals surface area (Å²) >= 11 is 0. The number of hydrogen-bond acceptors (Lipinski definition) is 8. The average molecular weight is 308 g/mol. The Balaban J connectivity index is 3.07. The summed E-state index contributed by atoms with van der Waals surface area (Å²) in [7, 11) is 0. The van der Waals surface area contributed by atoms with Crippen LogP contribution in [0.2, 0.25) is 0 Å². The van der Waals surface area contributed by atoms with Crippen molar-refractivity contribution in [2.24, 2.45) is 5.73 Å². The SMILES string of the molecule is CC(=O)NC1C(O)C[C@@](O)(C(=O)O)OC1[C@@H](O)[C@H](O)CN. The van der Waals surface area contributed by atoms with Crippen LogP contribution in [0.3, 0.4) is 0 Å². The van der Waals surface area contributed by atoms with E-state index in [1.165, 1.54) is 0 Å². The molecule has 10 heteroatoms. The lowest BCUT2D eigenvalue weighted by Crippen LogP contribution is -2.67. The van der Waals surface area contributed by atoms with Gasteiger partial charge in [-0.1, -0.05) is 0 Å². The highest BCUT2D eigenvalue weighted by atomic mass is 16.7. The van der Waals surface area contributed by atoms with E-state index in [2.05, 4.69) is 5.32 Å². The summed E-state index contributed by atoms with van der Waals surface area (Å²) in [5.41, 5.74) is 5.19. The molecule has 1 heterocycles. The van der Waals surface area contributed by atoms with Gasteiger partial charge in [0.25, 0.3) is 5.79 Å². The fraction of sp³-hybridized carbons (Fsp3) is 0.818. The maximum absolute atomic E-state index is 11.1. The predicted octanol–water partition coefficient (Wildman–Crippen LogP) is -3.91. The fourth-order valence-corrected chi connectivity index (χ4v) is 2.17. The van der Waals surface area contributed by atoms with Crippen molar-refractivity contribution in [3.05, 3.63) is 0 Å². The normalized spacial score (nSPS) is 35.8. The van der Waals surface area contributed by atoms with Gasteiger partial charge in [-0.05, 0) is 0 Å². The van der Waals surface area contributed by atoms with Crippen LogP contribution in [0.4, 0.5) is 0 Å². The molecule has 0 aromatic carbocycles. The number of aliphatic hydroxyl groups is 4. The van der Waals surface area contributed by atoms with Gasteiger partial charge in [-0.3, -0.25) is 4.79 Å². The first-order valence-electron chi connectivity index (χ1n) is 6.27. The molecule has 1 aliphatic rings. The quantitative estimate of drug-likeness (QED) is 0.267. The summed E-state index contributed by atoms with van der Waals surface area (Å²) in [4.78, 5) is 22.2. The smallest absolute Gasteiger partial charge is 0.364 e. The molecule has 0 radical (unpaired) electrons. The summed E-state index contributed by atoms with van der Waals surface area (Å²) < 4.78 is 4.92. The van der Waals surface area contributed by atoms with Crippen molar-refractivity contribution in [3.8, 4) is 0 Å². The third-order valence-corrected chi connectivity index (χ3v) is 3.26. The number of carboxylic acids is 1. The maximum atomic E-state index is 11.1. The van der Waals surface area contributed by atoms with Gasteiger partial charge in [-0.2, -0.15) is 0 Å². The molecule has 21 heavy (non-hydrogen) atoms. The van der Waals surface area contributed by atoms with Gasteiger partial charge in [0.2, 0.25) is 5.91 Å². The summed E-state index contributed by atoms with van der Waals surface area (Å²) in [6, 6.07) is -1.21. The van der Waals surface area contributed by atoms with Gasteiger partial charge in [-0.15, -0.1) is 0 Å². The molecule has 6 atom stereocenters. The molecule has 0 aromatic rings. The van der Waals surface area contributed by atoms with Crippen LogP contribution < -0.4 is 11.1 Å². The molecule has 0 aromatic heterocycles. The van der Waals surface area contributed by atoms with Gasteiger partial charge in [0.05, 0.1) is 18.2 Å². The molecule has 1 rings (SSSR count). The van der Waals surface area contributed by atoms with E-state index in [4.69, 9.17) is 15.6 Å². The van der Waals surface area contributed by atoms with Gasteiger partial charge in [0.15, 0.2) is 0 Å². The number of aliphatic carboxylic acids is 1. The van der Waals surface area contributed by atoms with Crippen LogP contribution in [-0.4, -0.2) is 80.2 Å². The third-order valence-electron chi connectivity index (χ3n) is 3.26. The van der Waals surface area contributed by atoms with E-state index >= 15 is 0 Å². The molecule has 8 N–H and O–H groups in total. The van der Waals surface area contributed by atoms with Crippen molar-refractivity contribution in [2.75, 3.05) is 6.54 Å². The van der Waals surface area contributed by atoms with Crippen molar-refractivity contribution >= 4 is 11.9 Å². The number of amides is 1. The van der Waals surface area contributed by atoms with Gasteiger partial charge >= 0.3 is 5.97 Å². The Morgan fingerprint density at radius 2 is 2.05 bits per heavy atom. The zero-order valence-electron chi connectivity index (χ0n) is 11.3. The number of carbonyl (C=O) groups excluding carboxylic acids is 1. The van der Waals surface area contributed by atoms with Gasteiger partial charge in [-0.25, -0.2) is 4.79 Å². The Kier molecular flexibility index (Phi) is 5.61. The van der Waals surface area contributed by atoms with Crippen LogP contribution in [0.15, 0.2) is 0 Å². The van der Waals surface area contributed by atoms with Gasteiger partial charge in [0.1, 0.15) is 12.2 Å². The van der Waals surface area contributed by atoms with E-state index in [1.54, 1.807) is 0 Å². The number of hydrogen-bond donors (Lipinski definition) is 7. The number of rotatable bonds is 5. The van der Waals surface area contributed by atoms with E-state index in [1.807, 2.05) is 0 Å². The third kappa shape index (κ3) is 3.87. The van der Waals surface area contributed by atoms with E-state index in [0.29, 0.717) is 0 Å². The number of aliphatic hydroxyl groups excluding tert-OH is 3. The van der Waals surface area contributed by atoms with Crippen molar-refractivity contribution in [1.82, 2.24) is 5.32 Å². The molecule has 122 valence electrons. The van der Waals surface area contributed by atoms with Crippen LogP contribution in [-0.2, 0) is 14.3 Å². The van der Waals surface area contributed by atoms with Crippen molar-refractivity contribution in [3.63, 3.8) is 0 Å². The zero-order chi connectivity index (χ0) is 16.4. The lowest BCUT2D eigenvalue weighted by Gasteiger charge is -2.44. The largest absolute Gasteiger partial charge is 0.477 e. The molecule has 10 nitrogen and oxygen atoms in total. The standard InChI is InChI=1S/C11H20N2O8/c1-4(14)13-7-5(15)2-11(20,10(18)19)21-9(7)8(17)6(16)3-12/h5-9,15-17,20H,2-3,12H2,1H3,(H,13,14)(H,18,19)/t5?,6-,7?,8+,9?,11+/m1/s1. The minimum absolute atomic E-state index is 0.366. The monoisotopic (exact) mass is 308 g/mol. The molecule has 1 amide bonds. The molecule has 1 aliphatic heterocycles. The Morgan fingerprint density at radius 1 is 1.48 bits per heavy atom. The molecule has 1 saturated heterocycles. The molecular weight excluding hydrogens is 288 g/mol. The first-order chi connectivity index (χ1) is 9.62. The second-order valence-electron chi connectivity index (χ2n) is 4.96. The number of nitrogens with two attached hydrogens (primary N) is 1. The molecule has 0 spiro atoms. The van der Waals surface area contributed by atoms with Crippen molar-refractivity contribution < 1.29 is 39.9 Å². The molecule has 0 saturated carbocycles. The molecular formula is C11H20N2O8. The molecule has 1 fully saturated rings. The lowest BCUT2D eigenvalue weighted by atomic mass is 9.88. The summed E-state index contributed by atoms with van der Waals surface area (Å²) in [6.45, 7) is 0.781. The summed E-state index contributed by atoms with van der Waals surface area (Å²) in [5.74, 6) is -5.07. The van der Waals surface area contributed by atoms with E-state index in [0.717, 1.165) is 6.92 Å². The topological polar surface area (TPSA) is 183 Å². The Hall–Kier alpha value is -1.30. The van der Waals surface area contributed by atoms with Crippen molar-refractivity contribution in [2.45, 2.75) is 49.6 Å². The number of nitrogens with one attached hydrogen (secondary N) is 1. The summed E-state index contributed by atoms with van der Waals surface area (Å²) in [6.07, 6.45) is -6.98. The molecule has 0 bridgehead atoms. The average Bonchev–Trinajstić information content (AvgIpc) is 2.39. The predicted molar refractivity (Wildman–Crippen MR) is 66.8 cm³/mol. The first-order valence-corrected chi connectivity index (χ1v) is 6.27. The van der Waals surface area contributed by atoms with Gasteiger partial charge in [0, 0.05) is 19.9 Å². The second kappa shape index (κ2) is 6.64. The number of carboxylic acid groups (broad SMARTS) is 1. The highest BCUT2D eigenvalue weighted by molar-refractivity contribution is 5.76. The Morgan fingerprint density at radius 3 is 2.48 bits per heavy atom. The van der Waals surface area contributed by atoms with Crippen LogP contribution in [0, 0.1) is 0 Å². The van der Waals surface area contributed by atoms with Crippen LogP contribution >= 0.6 is 0 Å². The van der Waals surface area contributed by atoms with Crippen molar-refractivity contribution in [1.29, 1.82) is 0 Å². The maximum Gasteiger partial charge on any atom is 0.364 e. The van der Waals surface area contributed by atoms with E-state index < -0.39 is 54.5 Å². The zero-order valence-corrected chi connectivity index (χ0v) is 11.3. The van der Waals surface area contributed by atoms with Crippen LogP contribution in [0.25, 0.3) is 0 Å². The fourth-order valence-electron chi connectivity index (χ4n) is 2.17. The minimum Gasteiger partial charge on any atom is -0.477 e. The van der Waals surface area contributed by atoms with Gasteiger partial charge < -0.3 is 41.3 Å². The lowest BCUT2D eigenvalue weighted by molar-refractivity contribution is -0.294. The second-order valence-corrected chi connectivity index (χ2v) is 4.96. The highest BCUT2D eigenvalue weighted by Crippen LogP contribution is 2.30. The minimum atomic E-state index is -2.74.